The SMILES string of the molecule is C[C@H](NC(=O)C[NH+](C)CC(=O)N1CCOCC1)c1ccc(Cl)cc1. The van der Waals surface area contributed by atoms with Crippen LogP contribution in [0.5, 0.6) is 0 Å². The first-order chi connectivity index (χ1) is 11.5. The summed E-state index contributed by atoms with van der Waals surface area (Å²) in [6.45, 7) is 4.93. The largest absolute Gasteiger partial charge is 0.378 e. The van der Waals surface area contributed by atoms with Crippen LogP contribution in [-0.4, -0.2) is 63.2 Å². The summed E-state index contributed by atoms with van der Waals surface area (Å²) in [7, 11) is 1.85. The number of quaternary nitrogens is 1. The monoisotopic (exact) mass is 354 g/mol. The van der Waals surface area contributed by atoms with Crippen molar-refractivity contribution in [1.29, 1.82) is 0 Å². The second-order valence-corrected chi connectivity index (χ2v) is 6.58. The third-order valence-corrected chi connectivity index (χ3v) is 4.28. The van der Waals surface area contributed by atoms with Crippen molar-refractivity contribution in [3.05, 3.63) is 34.9 Å². The van der Waals surface area contributed by atoms with Gasteiger partial charge >= 0.3 is 0 Å². The maximum atomic E-state index is 12.2. The van der Waals surface area contributed by atoms with Gasteiger partial charge in [0.05, 0.1) is 26.3 Å². The van der Waals surface area contributed by atoms with Gasteiger partial charge in [-0.2, -0.15) is 0 Å². The molecule has 0 saturated carbocycles. The molecule has 1 aliphatic heterocycles. The number of morpholine rings is 1. The van der Waals surface area contributed by atoms with Crippen molar-refractivity contribution in [2.75, 3.05) is 46.4 Å². The van der Waals surface area contributed by atoms with Gasteiger partial charge in [0, 0.05) is 18.1 Å². The molecule has 1 saturated heterocycles. The number of nitrogens with zero attached hydrogens (tertiary/aromatic N) is 1. The molecule has 0 spiro atoms. The first kappa shape index (κ1) is 18.7. The summed E-state index contributed by atoms with van der Waals surface area (Å²) >= 11 is 5.87. The Balaban J connectivity index is 1.76. The average molecular weight is 355 g/mol. The third kappa shape index (κ3) is 5.78. The maximum Gasteiger partial charge on any atom is 0.277 e. The first-order valence-electron chi connectivity index (χ1n) is 8.17. The fourth-order valence-corrected chi connectivity index (χ4v) is 2.77. The van der Waals surface area contributed by atoms with Crippen LogP contribution in [0.2, 0.25) is 5.02 Å². The van der Waals surface area contributed by atoms with Gasteiger partial charge in [0.2, 0.25) is 0 Å². The van der Waals surface area contributed by atoms with E-state index >= 15 is 0 Å². The molecule has 24 heavy (non-hydrogen) atoms. The Morgan fingerprint density at radius 3 is 2.50 bits per heavy atom. The topological polar surface area (TPSA) is 63.1 Å². The van der Waals surface area contributed by atoms with Crippen LogP contribution < -0.4 is 10.2 Å². The minimum Gasteiger partial charge on any atom is -0.378 e. The second kappa shape index (κ2) is 9.01. The van der Waals surface area contributed by atoms with Crippen LogP contribution in [0.1, 0.15) is 18.5 Å². The lowest BCUT2D eigenvalue weighted by molar-refractivity contribution is -0.863. The zero-order valence-corrected chi connectivity index (χ0v) is 14.9. The molecule has 2 rings (SSSR count). The van der Waals surface area contributed by atoms with Crippen molar-refractivity contribution in [3.8, 4) is 0 Å². The molecule has 1 heterocycles. The highest BCUT2D eigenvalue weighted by atomic mass is 35.5. The minimum atomic E-state index is -0.0995. The van der Waals surface area contributed by atoms with Gasteiger partial charge in [-0.25, -0.2) is 0 Å². The first-order valence-corrected chi connectivity index (χ1v) is 8.55. The number of halogens is 1. The predicted molar refractivity (Wildman–Crippen MR) is 92.0 cm³/mol. The molecule has 2 N–H and O–H groups in total. The van der Waals surface area contributed by atoms with Crippen molar-refractivity contribution in [2.45, 2.75) is 13.0 Å². The fourth-order valence-electron chi connectivity index (χ4n) is 2.65. The highest BCUT2D eigenvalue weighted by molar-refractivity contribution is 6.30. The Hall–Kier alpha value is -1.63. The van der Waals surface area contributed by atoms with Crippen LogP contribution >= 0.6 is 11.6 Å². The Morgan fingerprint density at radius 1 is 1.25 bits per heavy atom. The summed E-state index contributed by atoms with van der Waals surface area (Å²) in [5.74, 6) is -0.0147. The van der Waals surface area contributed by atoms with Gasteiger partial charge in [0.15, 0.2) is 13.1 Å². The van der Waals surface area contributed by atoms with Gasteiger partial charge in [-0.3, -0.25) is 9.59 Å². The molecule has 0 aliphatic carbocycles. The fraction of sp³-hybridized carbons (Fsp3) is 0.529. The summed E-state index contributed by atoms with van der Waals surface area (Å²) in [5, 5.41) is 3.62. The third-order valence-electron chi connectivity index (χ3n) is 4.03. The van der Waals surface area contributed by atoms with Gasteiger partial charge < -0.3 is 19.9 Å². The molecule has 0 radical (unpaired) electrons. The van der Waals surface area contributed by atoms with E-state index in [9.17, 15) is 9.59 Å². The van der Waals surface area contributed by atoms with Crippen LogP contribution in [0, 0.1) is 0 Å². The molecule has 132 valence electrons. The molecule has 0 aromatic heterocycles. The van der Waals surface area contributed by atoms with E-state index in [0.29, 0.717) is 37.9 Å². The Labute approximate surface area is 147 Å². The van der Waals surface area contributed by atoms with Crippen LogP contribution in [0.3, 0.4) is 0 Å². The van der Waals surface area contributed by atoms with E-state index < -0.39 is 0 Å². The average Bonchev–Trinajstić information content (AvgIpc) is 2.55. The normalized spacial score (nSPS) is 17.2. The van der Waals surface area contributed by atoms with Gasteiger partial charge in [-0.1, -0.05) is 23.7 Å². The van der Waals surface area contributed by atoms with Gasteiger partial charge in [-0.05, 0) is 24.6 Å². The van der Waals surface area contributed by atoms with Gasteiger partial charge in [0.1, 0.15) is 0 Å². The maximum absolute atomic E-state index is 12.2. The molecule has 7 heteroatoms. The minimum absolute atomic E-state index is 0.0642. The highest BCUT2D eigenvalue weighted by Gasteiger charge is 2.22. The van der Waals surface area contributed by atoms with E-state index in [-0.39, 0.29) is 24.4 Å². The molecule has 1 aliphatic rings. The number of carbonyl (C=O) groups excluding carboxylic acids is 2. The number of nitrogens with one attached hydrogen (secondary N) is 2. The number of carbonyl (C=O) groups is 2. The number of ether oxygens (including phenoxy) is 1. The summed E-state index contributed by atoms with van der Waals surface area (Å²) in [4.78, 5) is 27.0. The number of amides is 2. The van der Waals surface area contributed by atoms with E-state index in [1.807, 2.05) is 26.1 Å². The highest BCUT2D eigenvalue weighted by Crippen LogP contribution is 2.15. The van der Waals surface area contributed by atoms with E-state index in [1.165, 1.54) is 0 Å². The molecule has 0 bridgehead atoms. The molecular weight excluding hydrogens is 330 g/mol. The van der Waals surface area contributed by atoms with Crippen molar-refractivity contribution in [3.63, 3.8) is 0 Å². The van der Waals surface area contributed by atoms with Crippen molar-refractivity contribution < 1.29 is 19.2 Å². The number of likely N-dealkylation sites (N-methyl/N-ethyl adjacent to an activating group) is 1. The van der Waals surface area contributed by atoms with Gasteiger partial charge in [-0.15, -0.1) is 0 Å². The van der Waals surface area contributed by atoms with E-state index in [4.69, 9.17) is 16.3 Å². The lowest BCUT2D eigenvalue weighted by atomic mass is 10.1. The molecule has 1 fully saturated rings. The molecule has 1 unspecified atom stereocenters. The molecule has 2 amide bonds. The second-order valence-electron chi connectivity index (χ2n) is 6.14. The Bertz CT molecular complexity index is 559. The number of hydrogen-bond acceptors (Lipinski definition) is 3. The molecular formula is C17H25ClN3O3+. The summed E-state index contributed by atoms with van der Waals surface area (Å²) in [6.07, 6.45) is 0. The van der Waals surface area contributed by atoms with Crippen LogP contribution in [0.4, 0.5) is 0 Å². The van der Waals surface area contributed by atoms with E-state index in [2.05, 4.69) is 5.32 Å². The summed E-state index contributed by atoms with van der Waals surface area (Å²) in [6, 6.07) is 7.30. The Kier molecular flexibility index (Phi) is 7.02. The quantitative estimate of drug-likeness (QED) is 0.749. The number of benzene rings is 1. The lowest BCUT2D eigenvalue weighted by Crippen LogP contribution is -3.11. The standard InChI is InChI=1S/C17H24ClN3O3/c1-13(14-3-5-15(18)6-4-14)19-16(22)11-20(2)12-17(23)21-7-9-24-10-8-21/h3-6,13H,7-12H2,1-2H3,(H,19,22)/p+1/t13-/m0/s1. The van der Waals surface area contributed by atoms with Crippen molar-refractivity contribution in [1.82, 2.24) is 10.2 Å². The Morgan fingerprint density at radius 2 is 1.88 bits per heavy atom. The van der Waals surface area contributed by atoms with Crippen LogP contribution in [0.15, 0.2) is 24.3 Å². The van der Waals surface area contributed by atoms with Gasteiger partial charge in [0.25, 0.3) is 11.8 Å². The zero-order valence-electron chi connectivity index (χ0n) is 14.2. The van der Waals surface area contributed by atoms with Crippen molar-refractivity contribution in [2.24, 2.45) is 0 Å². The molecule has 6 nitrogen and oxygen atoms in total. The molecule has 2 atom stereocenters. The van der Waals surface area contributed by atoms with E-state index in [1.54, 1.807) is 17.0 Å². The number of rotatable bonds is 6. The number of hydrogen-bond donors (Lipinski definition) is 2. The van der Waals surface area contributed by atoms with Crippen LogP contribution in [0.25, 0.3) is 0 Å². The zero-order chi connectivity index (χ0) is 17.5. The summed E-state index contributed by atoms with van der Waals surface area (Å²) in [5.41, 5.74) is 0.995. The predicted octanol–water partition coefficient (Wildman–Crippen LogP) is -0.109. The lowest BCUT2D eigenvalue weighted by Gasteiger charge is -2.27. The molecule has 1 aromatic rings. The summed E-state index contributed by atoms with van der Waals surface area (Å²) < 4.78 is 5.24. The van der Waals surface area contributed by atoms with E-state index in [0.717, 1.165) is 10.5 Å². The van der Waals surface area contributed by atoms with Crippen molar-refractivity contribution >= 4 is 23.4 Å². The molecule has 1 aromatic carbocycles. The van der Waals surface area contributed by atoms with Crippen LogP contribution in [-0.2, 0) is 14.3 Å². The smallest absolute Gasteiger partial charge is 0.277 e.